The van der Waals surface area contributed by atoms with Gasteiger partial charge in [0, 0.05) is 21.9 Å². The second-order valence-corrected chi connectivity index (χ2v) is 6.29. The number of rotatable bonds is 5. The summed E-state index contributed by atoms with van der Waals surface area (Å²) in [4.78, 5) is 1.46. The number of hydrogen-bond acceptors (Lipinski definition) is 2. The molecule has 2 aromatic rings. The van der Waals surface area contributed by atoms with Gasteiger partial charge in [0.2, 0.25) is 0 Å². The Hall–Kier alpha value is -0.640. The maximum absolute atomic E-state index is 3.59. The molecule has 0 saturated heterocycles. The molecule has 0 aliphatic heterocycles. The lowest BCUT2D eigenvalue weighted by Crippen LogP contribution is -2.18. The Morgan fingerprint density at radius 2 is 1.94 bits per heavy atom. The lowest BCUT2D eigenvalue weighted by atomic mass is 10.1. The van der Waals surface area contributed by atoms with Gasteiger partial charge in [-0.05, 0) is 48.1 Å². The van der Waals surface area contributed by atoms with Crippen LogP contribution in [0.25, 0.3) is 0 Å². The number of benzene rings is 1. The molecule has 96 valence electrons. The maximum atomic E-state index is 3.59. The smallest absolute Gasteiger partial charge is 0.0308 e. The Labute approximate surface area is 121 Å². The average Bonchev–Trinajstić information content (AvgIpc) is 2.84. The molecule has 1 heterocycles. The first-order chi connectivity index (χ1) is 8.70. The Balaban J connectivity index is 1.96. The molecule has 1 aromatic carbocycles. The highest BCUT2D eigenvalue weighted by Crippen LogP contribution is 2.20. The zero-order valence-electron chi connectivity index (χ0n) is 10.7. The van der Waals surface area contributed by atoms with Gasteiger partial charge in [0.15, 0.2) is 0 Å². The Morgan fingerprint density at radius 1 is 1.22 bits per heavy atom. The highest BCUT2D eigenvalue weighted by molar-refractivity contribution is 9.10. The predicted octanol–water partition coefficient (Wildman–Crippen LogP) is 4.92. The molecule has 0 bridgehead atoms. The van der Waals surface area contributed by atoms with Crippen molar-refractivity contribution in [3.63, 3.8) is 0 Å². The van der Waals surface area contributed by atoms with Crippen molar-refractivity contribution in [2.45, 2.75) is 32.9 Å². The van der Waals surface area contributed by atoms with E-state index in [9.17, 15) is 0 Å². The van der Waals surface area contributed by atoms with E-state index in [1.807, 2.05) is 11.3 Å². The maximum Gasteiger partial charge on any atom is 0.0308 e. The topological polar surface area (TPSA) is 12.0 Å². The summed E-state index contributed by atoms with van der Waals surface area (Å²) < 4.78 is 1.13. The monoisotopic (exact) mass is 323 g/mol. The minimum atomic E-state index is 0.380. The van der Waals surface area contributed by atoms with Crippen molar-refractivity contribution in [3.8, 4) is 0 Å². The highest BCUT2D eigenvalue weighted by Gasteiger charge is 2.07. The van der Waals surface area contributed by atoms with Crippen LogP contribution in [-0.2, 0) is 13.0 Å². The summed E-state index contributed by atoms with van der Waals surface area (Å²) in [5, 5.41) is 5.77. The molecule has 0 spiro atoms. The molecule has 1 unspecified atom stereocenters. The summed E-state index contributed by atoms with van der Waals surface area (Å²) in [6.45, 7) is 5.38. The van der Waals surface area contributed by atoms with Crippen molar-refractivity contribution in [3.05, 3.63) is 56.2 Å². The summed E-state index contributed by atoms with van der Waals surface area (Å²) in [6, 6.07) is 11.1. The van der Waals surface area contributed by atoms with Gasteiger partial charge in [0.1, 0.15) is 0 Å². The van der Waals surface area contributed by atoms with Crippen molar-refractivity contribution >= 4 is 27.3 Å². The summed E-state index contributed by atoms with van der Waals surface area (Å²) in [5.74, 6) is 0. The Bertz CT molecular complexity index is 489. The molecule has 0 saturated carbocycles. The second-order valence-electron chi connectivity index (χ2n) is 4.38. The molecular weight excluding hydrogens is 306 g/mol. The fraction of sp³-hybridized carbons (Fsp3) is 0.333. The summed E-state index contributed by atoms with van der Waals surface area (Å²) in [5.41, 5.74) is 2.79. The van der Waals surface area contributed by atoms with Gasteiger partial charge in [-0.25, -0.2) is 0 Å². The zero-order valence-corrected chi connectivity index (χ0v) is 13.1. The van der Waals surface area contributed by atoms with Crippen LogP contribution in [0, 0.1) is 0 Å². The lowest BCUT2D eigenvalue weighted by Gasteiger charge is -2.14. The van der Waals surface area contributed by atoms with E-state index in [2.05, 4.69) is 70.8 Å². The van der Waals surface area contributed by atoms with Gasteiger partial charge in [-0.2, -0.15) is 0 Å². The van der Waals surface area contributed by atoms with E-state index < -0.39 is 0 Å². The zero-order chi connectivity index (χ0) is 13.0. The van der Waals surface area contributed by atoms with Crippen LogP contribution in [-0.4, -0.2) is 0 Å². The van der Waals surface area contributed by atoms with Gasteiger partial charge in [-0.3, -0.25) is 0 Å². The van der Waals surface area contributed by atoms with Gasteiger partial charge in [-0.15, -0.1) is 11.3 Å². The first-order valence-corrected chi connectivity index (χ1v) is 7.92. The molecule has 3 heteroatoms. The van der Waals surface area contributed by atoms with E-state index in [-0.39, 0.29) is 0 Å². The Morgan fingerprint density at radius 3 is 2.61 bits per heavy atom. The van der Waals surface area contributed by atoms with Gasteiger partial charge < -0.3 is 5.32 Å². The van der Waals surface area contributed by atoms with Crippen molar-refractivity contribution < 1.29 is 0 Å². The van der Waals surface area contributed by atoms with Crippen LogP contribution in [0.5, 0.6) is 0 Å². The van der Waals surface area contributed by atoms with Crippen LogP contribution >= 0.6 is 27.3 Å². The van der Waals surface area contributed by atoms with Crippen molar-refractivity contribution in [2.75, 3.05) is 0 Å². The molecule has 1 atom stereocenters. The first kappa shape index (κ1) is 13.8. The number of nitrogens with one attached hydrogen (secondary N) is 1. The molecule has 1 nitrogen and oxygen atoms in total. The third kappa shape index (κ3) is 3.44. The summed E-state index contributed by atoms with van der Waals surface area (Å²) in [7, 11) is 0. The first-order valence-electron chi connectivity index (χ1n) is 6.24. The van der Waals surface area contributed by atoms with E-state index in [1.165, 1.54) is 16.0 Å². The largest absolute Gasteiger partial charge is 0.305 e. The molecule has 0 aliphatic rings. The summed E-state index contributed by atoms with van der Waals surface area (Å²) >= 11 is 5.31. The molecule has 0 aliphatic carbocycles. The molecule has 1 aromatic heterocycles. The number of halogens is 1. The molecule has 18 heavy (non-hydrogen) atoms. The molecule has 2 rings (SSSR count). The number of aryl methyl sites for hydroxylation is 1. The normalized spacial score (nSPS) is 12.6. The van der Waals surface area contributed by atoms with Gasteiger partial charge in [0.05, 0.1) is 0 Å². The molecular formula is C15H18BrNS. The van der Waals surface area contributed by atoms with Crippen LogP contribution in [0.1, 0.15) is 35.9 Å². The third-order valence-corrected chi connectivity index (χ3v) is 4.65. The summed E-state index contributed by atoms with van der Waals surface area (Å²) in [6.07, 6.45) is 1.12. The van der Waals surface area contributed by atoms with Crippen LogP contribution in [0.4, 0.5) is 0 Å². The van der Waals surface area contributed by atoms with Crippen molar-refractivity contribution in [2.24, 2.45) is 0 Å². The minimum Gasteiger partial charge on any atom is -0.305 e. The van der Waals surface area contributed by atoms with Crippen LogP contribution in [0.3, 0.4) is 0 Å². The molecule has 0 fully saturated rings. The van der Waals surface area contributed by atoms with Gasteiger partial charge in [-0.1, -0.05) is 35.0 Å². The number of hydrogen-bond donors (Lipinski definition) is 1. The minimum absolute atomic E-state index is 0.380. The molecule has 0 amide bonds. The average molecular weight is 324 g/mol. The SMILES string of the molecule is CCc1ccsc1CNC(C)c1ccc(Br)cc1. The standard InChI is InChI=1S/C15H18BrNS/c1-3-12-8-9-18-15(12)10-17-11(2)13-4-6-14(16)7-5-13/h4-9,11,17H,3,10H2,1-2H3. The molecule has 1 N–H and O–H groups in total. The van der Waals surface area contributed by atoms with E-state index in [0.29, 0.717) is 6.04 Å². The fourth-order valence-corrected chi connectivity index (χ4v) is 3.14. The van der Waals surface area contributed by atoms with Crippen molar-refractivity contribution in [1.82, 2.24) is 5.32 Å². The fourth-order valence-electron chi connectivity index (χ4n) is 1.95. The van der Waals surface area contributed by atoms with Crippen molar-refractivity contribution in [1.29, 1.82) is 0 Å². The predicted molar refractivity (Wildman–Crippen MR) is 83.1 cm³/mol. The van der Waals surface area contributed by atoms with E-state index >= 15 is 0 Å². The highest BCUT2D eigenvalue weighted by atomic mass is 79.9. The Kier molecular flexibility index (Phi) is 4.98. The van der Waals surface area contributed by atoms with Crippen LogP contribution in [0.15, 0.2) is 40.2 Å². The van der Waals surface area contributed by atoms with Gasteiger partial charge >= 0.3 is 0 Å². The van der Waals surface area contributed by atoms with Crippen LogP contribution in [0.2, 0.25) is 0 Å². The number of thiophene rings is 1. The van der Waals surface area contributed by atoms with Crippen LogP contribution < -0.4 is 5.32 Å². The lowest BCUT2D eigenvalue weighted by molar-refractivity contribution is 0.577. The second kappa shape index (κ2) is 6.50. The van der Waals surface area contributed by atoms with E-state index in [0.717, 1.165) is 17.4 Å². The van der Waals surface area contributed by atoms with E-state index in [4.69, 9.17) is 0 Å². The van der Waals surface area contributed by atoms with E-state index in [1.54, 1.807) is 0 Å². The molecule has 0 radical (unpaired) electrons. The third-order valence-electron chi connectivity index (χ3n) is 3.16. The van der Waals surface area contributed by atoms with Gasteiger partial charge in [0.25, 0.3) is 0 Å². The quantitative estimate of drug-likeness (QED) is 0.823.